The monoisotopic (exact) mass is 210 g/mol. The molecule has 15 heavy (non-hydrogen) atoms. The van der Waals surface area contributed by atoms with Crippen LogP contribution in [0, 0.1) is 12.7 Å². The summed E-state index contributed by atoms with van der Waals surface area (Å²) in [5, 5.41) is 0. The molecule has 4 heteroatoms. The van der Waals surface area contributed by atoms with E-state index >= 15 is 0 Å². The summed E-state index contributed by atoms with van der Waals surface area (Å²) in [7, 11) is 1.12. The molecule has 0 spiro atoms. The highest BCUT2D eigenvalue weighted by Gasteiger charge is 2.16. The zero-order chi connectivity index (χ0) is 11.4. The van der Waals surface area contributed by atoms with E-state index in [0.29, 0.717) is 0 Å². The summed E-state index contributed by atoms with van der Waals surface area (Å²) >= 11 is 0. The van der Waals surface area contributed by atoms with Gasteiger partial charge in [0.05, 0.1) is 7.11 Å². The summed E-state index contributed by atoms with van der Waals surface area (Å²) in [5.74, 6) is -2.18. The molecule has 1 aromatic carbocycles. The van der Waals surface area contributed by atoms with E-state index in [1.54, 1.807) is 13.0 Å². The van der Waals surface area contributed by atoms with Crippen molar-refractivity contribution < 1.29 is 18.7 Å². The van der Waals surface area contributed by atoms with Crippen LogP contribution in [0.2, 0.25) is 0 Å². The number of carbonyl (C=O) groups is 2. The molecule has 0 amide bonds. The van der Waals surface area contributed by atoms with E-state index in [0.717, 1.165) is 12.7 Å². The predicted octanol–water partition coefficient (Wildman–Crippen LogP) is 1.42. The minimum absolute atomic E-state index is 0.205. The van der Waals surface area contributed by atoms with E-state index in [2.05, 4.69) is 4.74 Å². The first-order chi connectivity index (χ1) is 7.04. The maximum Gasteiger partial charge on any atom is 0.374 e. The normalized spacial score (nSPS) is 9.80. The maximum atomic E-state index is 13.3. The first-order valence-electron chi connectivity index (χ1n) is 4.40. The number of esters is 1. The molecule has 80 valence electrons. The van der Waals surface area contributed by atoms with Crippen molar-refractivity contribution in [2.24, 2.45) is 0 Å². The van der Waals surface area contributed by atoms with Crippen LogP contribution >= 0.6 is 0 Å². The van der Waals surface area contributed by atoms with Crippen molar-refractivity contribution in [3.05, 3.63) is 35.1 Å². The molecule has 1 rings (SSSR count). The Hall–Kier alpha value is -1.71. The molecule has 0 fully saturated rings. The fourth-order valence-corrected chi connectivity index (χ4v) is 1.15. The van der Waals surface area contributed by atoms with E-state index < -0.39 is 17.6 Å². The maximum absolute atomic E-state index is 13.3. The second kappa shape index (κ2) is 4.68. The minimum Gasteiger partial charge on any atom is -0.463 e. The van der Waals surface area contributed by atoms with E-state index in [1.165, 1.54) is 12.1 Å². The van der Waals surface area contributed by atoms with Gasteiger partial charge in [0.1, 0.15) is 5.82 Å². The predicted molar refractivity (Wildman–Crippen MR) is 51.9 cm³/mol. The van der Waals surface area contributed by atoms with Gasteiger partial charge in [-0.15, -0.1) is 0 Å². The standard InChI is InChI=1S/C11H11FO3/c1-7-3-4-8(9(12)5-7)6-10(13)11(14)15-2/h3-5H,6H2,1-2H3. The quantitative estimate of drug-likeness (QED) is 0.559. The van der Waals surface area contributed by atoms with Crippen LogP contribution in [0.1, 0.15) is 11.1 Å². The Balaban J connectivity index is 2.81. The van der Waals surface area contributed by atoms with Crippen LogP contribution in [0.4, 0.5) is 4.39 Å². The second-order valence-electron chi connectivity index (χ2n) is 3.19. The zero-order valence-corrected chi connectivity index (χ0v) is 8.54. The lowest BCUT2D eigenvalue weighted by Gasteiger charge is -2.02. The smallest absolute Gasteiger partial charge is 0.374 e. The molecule has 0 N–H and O–H groups in total. The van der Waals surface area contributed by atoms with Gasteiger partial charge >= 0.3 is 5.97 Å². The first kappa shape index (κ1) is 11.4. The summed E-state index contributed by atoms with van der Waals surface area (Å²) in [6.07, 6.45) is -0.265. The minimum atomic E-state index is -0.949. The lowest BCUT2D eigenvalue weighted by atomic mass is 10.1. The Morgan fingerprint density at radius 1 is 1.40 bits per heavy atom. The van der Waals surface area contributed by atoms with Crippen molar-refractivity contribution in [3.8, 4) is 0 Å². The molecule has 0 aromatic heterocycles. The van der Waals surface area contributed by atoms with Crippen LogP contribution < -0.4 is 0 Å². The number of carbonyl (C=O) groups excluding carboxylic acids is 2. The zero-order valence-electron chi connectivity index (χ0n) is 8.54. The molecule has 0 saturated carbocycles. The molecular weight excluding hydrogens is 199 g/mol. The highest BCUT2D eigenvalue weighted by molar-refractivity contribution is 6.34. The Bertz CT molecular complexity index is 399. The largest absolute Gasteiger partial charge is 0.463 e. The van der Waals surface area contributed by atoms with Gasteiger partial charge in [0.2, 0.25) is 5.78 Å². The first-order valence-corrected chi connectivity index (χ1v) is 4.40. The molecule has 0 radical (unpaired) electrons. The van der Waals surface area contributed by atoms with E-state index in [9.17, 15) is 14.0 Å². The lowest BCUT2D eigenvalue weighted by Crippen LogP contribution is -2.18. The highest BCUT2D eigenvalue weighted by atomic mass is 19.1. The molecule has 0 unspecified atom stereocenters. The van der Waals surface area contributed by atoms with Gasteiger partial charge in [-0.3, -0.25) is 4.79 Å². The molecule has 0 saturated heterocycles. The van der Waals surface area contributed by atoms with Crippen LogP contribution in [0.15, 0.2) is 18.2 Å². The summed E-state index contributed by atoms with van der Waals surface area (Å²) < 4.78 is 17.5. The molecule has 0 heterocycles. The Morgan fingerprint density at radius 3 is 2.60 bits per heavy atom. The Kier molecular flexibility index (Phi) is 3.55. The third kappa shape index (κ3) is 2.87. The Morgan fingerprint density at radius 2 is 2.07 bits per heavy atom. The molecule has 1 aromatic rings. The summed E-state index contributed by atoms with van der Waals surface area (Å²) in [5.41, 5.74) is 0.970. The number of hydrogen-bond acceptors (Lipinski definition) is 3. The number of ketones is 1. The molecule has 3 nitrogen and oxygen atoms in total. The number of benzene rings is 1. The van der Waals surface area contributed by atoms with E-state index in [-0.39, 0.29) is 12.0 Å². The number of hydrogen-bond donors (Lipinski definition) is 0. The SMILES string of the molecule is COC(=O)C(=O)Cc1ccc(C)cc1F. The second-order valence-corrected chi connectivity index (χ2v) is 3.19. The van der Waals surface area contributed by atoms with E-state index in [4.69, 9.17) is 0 Å². The number of rotatable bonds is 3. The van der Waals surface area contributed by atoms with Gasteiger partial charge in [-0.1, -0.05) is 12.1 Å². The van der Waals surface area contributed by atoms with E-state index in [1.807, 2.05) is 0 Å². The number of aryl methyl sites for hydroxylation is 1. The van der Waals surface area contributed by atoms with Gasteiger partial charge in [0, 0.05) is 6.42 Å². The summed E-state index contributed by atoms with van der Waals surface area (Å²) in [6.45, 7) is 1.75. The summed E-state index contributed by atoms with van der Waals surface area (Å²) in [6, 6.07) is 4.49. The van der Waals surface area contributed by atoms with Gasteiger partial charge in [0.25, 0.3) is 0 Å². The molecule has 0 bridgehead atoms. The number of methoxy groups -OCH3 is 1. The number of halogens is 1. The van der Waals surface area contributed by atoms with Crippen LogP contribution in [-0.2, 0) is 20.7 Å². The highest BCUT2D eigenvalue weighted by Crippen LogP contribution is 2.10. The molecular formula is C11H11FO3. The third-order valence-corrected chi connectivity index (χ3v) is 1.97. The fourth-order valence-electron chi connectivity index (χ4n) is 1.15. The summed E-state index contributed by atoms with van der Waals surface area (Å²) in [4.78, 5) is 21.9. The lowest BCUT2D eigenvalue weighted by molar-refractivity contribution is -0.151. The number of Topliss-reactive ketones (excluding diaryl/α,β-unsaturated/α-hetero) is 1. The van der Waals surface area contributed by atoms with Gasteiger partial charge in [-0.2, -0.15) is 0 Å². The van der Waals surface area contributed by atoms with Gasteiger partial charge in [-0.25, -0.2) is 9.18 Å². The van der Waals surface area contributed by atoms with Crippen molar-refractivity contribution in [2.45, 2.75) is 13.3 Å². The number of ether oxygens (including phenoxy) is 1. The molecule has 0 atom stereocenters. The third-order valence-electron chi connectivity index (χ3n) is 1.97. The average Bonchev–Trinajstić information content (AvgIpc) is 2.20. The fraction of sp³-hybridized carbons (Fsp3) is 0.273. The average molecular weight is 210 g/mol. The van der Waals surface area contributed by atoms with Crippen molar-refractivity contribution >= 4 is 11.8 Å². The van der Waals surface area contributed by atoms with Gasteiger partial charge in [0.15, 0.2) is 0 Å². The van der Waals surface area contributed by atoms with Crippen molar-refractivity contribution in [1.29, 1.82) is 0 Å². The van der Waals surface area contributed by atoms with Crippen molar-refractivity contribution in [2.75, 3.05) is 7.11 Å². The van der Waals surface area contributed by atoms with Crippen LogP contribution in [-0.4, -0.2) is 18.9 Å². The van der Waals surface area contributed by atoms with Crippen LogP contribution in [0.25, 0.3) is 0 Å². The van der Waals surface area contributed by atoms with Crippen molar-refractivity contribution in [1.82, 2.24) is 0 Å². The Labute approximate surface area is 86.9 Å². The van der Waals surface area contributed by atoms with Crippen molar-refractivity contribution in [3.63, 3.8) is 0 Å². The molecule has 0 aliphatic rings. The topological polar surface area (TPSA) is 43.4 Å². The van der Waals surface area contributed by atoms with Gasteiger partial charge in [-0.05, 0) is 24.1 Å². The van der Waals surface area contributed by atoms with Crippen LogP contribution in [0.5, 0.6) is 0 Å². The van der Waals surface area contributed by atoms with Gasteiger partial charge < -0.3 is 4.74 Å². The molecule has 0 aliphatic heterocycles. The molecule has 0 aliphatic carbocycles. The van der Waals surface area contributed by atoms with Crippen LogP contribution in [0.3, 0.4) is 0 Å².